The summed E-state index contributed by atoms with van der Waals surface area (Å²) in [7, 11) is 3.32. The minimum Gasteiger partial charge on any atom is -0.493 e. The van der Waals surface area contributed by atoms with Gasteiger partial charge in [0.1, 0.15) is 0 Å². The summed E-state index contributed by atoms with van der Waals surface area (Å²) in [5.41, 5.74) is 1.10. The molecule has 0 aromatic heterocycles. The Balaban J connectivity index is 1.60. The summed E-state index contributed by atoms with van der Waals surface area (Å²) in [5.74, 6) is 1.56. The van der Waals surface area contributed by atoms with Gasteiger partial charge in [-0.2, -0.15) is 0 Å². The molecule has 0 amide bonds. The molecule has 1 aliphatic heterocycles. The average Bonchev–Trinajstić information content (AvgIpc) is 3.06. The predicted octanol–water partition coefficient (Wildman–Crippen LogP) is 2.38. The number of nitrogens with one attached hydrogen (secondary N) is 1. The van der Waals surface area contributed by atoms with E-state index in [4.69, 9.17) is 18.9 Å². The Morgan fingerprint density at radius 1 is 1.27 bits per heavy atom. The molecular weight excluding hydrogens is 282 g/mol. The highest BCUT2D eigenvalue weighted by Gasteiger charge is 2.14. The third kappa shape index (κ3) is 5.16. The molecule has 0 saturated carbocycles. The number of benzene rings is 1. The Kier molecular flexibility index (Phi) is 7.49. The van der Waals surface area contributed by atoms with Crippen molar-refractivity contribution in [2.45, 2.75) is 31.9 Å². The second-order valence-corrected chi connectivity index (χ2v) is 5.39. The van der Waals surface area contributed by atoms with E-state index >= 15 is 0 Å². The first-order valence-electron chi connectivity index (χ1n) is 7.95. The lowest BCUT2D eigenvalue weighted by molar-refractivity contribution is 0.0166. The van der Waals surface area contributed by atoms with Crippen molar-refractivity contribution in [1.82, 2.24) is 5.32 Å². The Hall–Kier alpha value is -1.30. The molecule has 1 heterocycles. The normalized spacial score (nSPS) is 17.6. The summed E-state index contributed by atoms with van der Waals surface area (Å²) in [6.45, 7) is 4.04. The molecule has 1 aromatic rings. The number of hydrogen-bond acceptors (Lipinski definition) is 5. The lowest BCUT2D eigenvalue weighted by Gasteiger charge is -2.13. The highest BCUT2D eigenvalue weighted by Crippen LogP contribution is 2.30. The second-order valence-electron chi connectivity index (χ2n) is 5.39. The fourth-order valence-electron chi connectivity index (χ4n) is 2.61. The van der Waals surface area contributed by atoms with Gasteiger partial charge in [0.25, 0.3) is 0 Å². The van der Waals surface area contributed by atoms with Crippen LogP contribution in [0.1, 0.15) is 24.8 Å². The number of methoxy groups -OCH3 is 2. The van der Waals surface area contributed by atoms with E-state index in [0.717, 1.165) is 69.2 Å². The Morgan fingerprint density at radius 2 is 2.18 bits per heavy atom. The molecule has 124 valence electrons. The van der Waals surface area contributed by atoms with Gasteiger partial charge in [-0.25, -0.2) is 0 Å². The monoisotopic (exact) mass is 309 g/mol. The van der Waals surface area contributed by atoms with Crippen LogP contribution in [0, 0.1) is 0 Å². The molecule has 2 rings (SSSR count). The maximum absolute atomic E-state index is 5.64. The minimum absolute atomic E-state index is 0.314. The summed E-state index contributed by atoms with van der Waals surface area (Å²) in [6.07, 6.45) is 3.60. The topological polar surface area (TPSA) is 49.0 Å². The molecule has 1 unspecified atom stereocenters. The predicted molar refractivity (Wildman–Crippen MR) is 85.7 cm³/mol. The van der Waals surface area contributed by atoms with Crippen LogP contribution in [0.2, 0.25) is 0 Å². The zero-order chi connectivity index (χ0) is 15.6. The molecule has 1 saturated heterocycles. The van der Waals surface area contributed by atoms with Crippen LogP contribution in [0.25, 0.3) is 0 Å². The van der Waals surface area contributed by atoms with Gasteiger partial charge in [0.15, 0.2) is 11.5 Å². The number of ether oxygens (including phenoxy) is 4. The molecule has 0 radical (unpaired) electrons. The van der Waals surface area contributed by atoms with Crippen molar-refractivity contribution < 1.29 is 18.9 Å². The van der Waals surface area contributed by atoms with E-state index < -0.39 is 0 Å². The highest BCUT2D eigenvalue weighted by molar-refractivity contribution is 5.46. The molecule has 5 heteroatoms. The van der Waals surface area contributed by atoms with Crippen molar-refractivity contribution in [2.24, 2.45) is 0 Å². The summed E-state index contributed by atoms with van der Waals surface area (Å²) >= 11 is 0. The molecule has 22 heavy (non-hydrogen) atoms. The van der Waals surface area contributed by atoms with Crippen LogP contribution in [0.4, 0.5) is 0 Å². The molecule has 1 aliphatic rings. The summed E-state index contributed by atoms with van der Waals surface area (Å²) in [4.78, 5) is 0. The molecule has 5 nitrogen and oxygen atoms in total. The first kappa shape index (κ1) is 17.1. The number of rotatable bonds is 10. The van der Waals surface area contributed by atoms with Crippen molar-refractivity contribution in [3.8, 4) is 11.5 Å². The van der Waals surface area contributed by atoms with Crippen molar-refractivity contribution in [3.05, 3.63) is 23.8 Å². The largest absolute Gasteiger partial charge is 0.493 e. The second kappa shape index (κ2) is 9.66. The fourth-order valence-corrected chi connectivity index (χ4v) is 2.61. The van der Waals surface area contributed by atoms with Gasteiger partial charge in [0.2, 0.25) is 0 Å². The van der Waals surface area contributed by atoms with E-state index in [1.54, 1.807) is 14.2 Å². The average molecular weight is 309 g/mol. The van der Waals surface area contributed by atoms with Gasteiger partial charge in [0.05, 0.1) is 26.9 Å². The van der Waals surface area contributed by atoms with Gasteiger partial charge in [-0.05, 0) is 31.9 Å². The number of para-hydroxylation sites is 1. The third-order valence-electron chi connectivity index (χ3n) is 3.77. The number of hydrogen-bond donors (Lipinski definition) is 1. The van der Waals surface area contributed by atoms with Crippen LogP contribution in [0.3, 0.4) is 0 Å². The molecule has 1 N–H and O–H groups in total. The summed E-state index contributed by atoms with van der Waals surface area (Å²) < 4.78 is 21.9. The lowest BCUT2D eigenvalue weighted by Crippen LogP contribution is -2.19. The molecule has 0 spiro atoms. The molecular formula is C17H27NO4. The zero-order valence-electron chi connectivity index (χ0n) is 13.6. The van der Waals surface area contributed by atoms with E-state index in [9.17, 15) is 0 Å². The standard InChI is InChI=1S/C17H27NO4/c1-19-16-8-3-6-14(17(16)20-2)12-18-9-5-10-21-13-15-7-4-11-22-15/h3,6,8,15,18H,4-5,7,9-13H2,1-2H3. The van der Waals surface area contributed by atoms with Gasteiger partial charge in [-0.3, -0.25) is 0 Å². The highest BCUT2D eigenvalue weighted by atomic mass is 16.5. The molecule has 0 bridgehead atoms. The SMILES string of the molecule is COc1cccc(CNCCCOCC2CCCO2)c1OC. The maximum atomic E-state index is 5.64. The van der Waals surface area contributed by atoms with Crippen LogP contribution < -0.4 is 14.8 Å². The van der Waals surface area contributed by atoms with E-state index in [2.05, 4.69) is 5.32 Å². The lowest BCUT2D eigenvalue weighted by atomic mass is 10.2. The molecule has 1 atom stereocenters. The van der Waals surface area contributed by atoms with Gasteiger partial charge in [0, 0.05) is 25.3 Å². The van der Waals surface area contributed by atoms with Crippen molar-refractivity contribution in [2.75, 3.05) is 40.6 Å². The van der Waals surface area contributed by atoms with Gasteiger partial charge in [-0.15, -0.1) is 0 Å². The van der Waals surface area contributed by atoms with Crippen LogP contribution in [-0.4, -0.2) is 46.7 Å². The molecule has 0 aliphatic carbocycles. The Labute approximate surface area is 132 Å². The molecule has 1 aromatic carbocycles. The van der Waals surface area contributed by atoms with E-state index in [0.29, 0.717) is 6.10 Å². The summed E-state index contributed by atoms with van der Waals surface area (Å²) in [5, 5.41) is 3.41. The first-order chi connectivity index (χ1) is 10.8. The van der Waals surface area contributed by atoms with Crippen LogP contribution in [0.5, 0.6) is 11.5 Å². The summed E-state index contributed by atoms with van der Waals surface area (Å²) in [6, 6.07) is 5.92. The quantitative estimate of drug-likeness (QED) is 0.673. The van der Waals surface area contributed by atoms with Crippen molar-refractivity contribution >= 4 is 0 Å². The van der Waals surface area contributed by atoms with Crippen LogP contribution >= 0.6 is 0 Å². The van der Waals surface area contributed by atoms with E-state index in [-0.39, 0.29) is 0 Å². The van der Waals surface area contributed by atoms with Gasteiger partial charge in [-0.1, -0.05) is 12.1 Å². The van der Waals surface area contributed by atoms with E-state index in [1.807, 2.05) is 18.2 Å². The first-order valence-corrected chi connectivity index (χ1v) is 7.95. The van der Waals surface area contributed by atoms with Gasteiger partial charge >= 0.3 is 0 Å². The van der Waals surface area contributed by atoms with Crippen molar-refractivity contribution in [3.63, 3.8) is 0 Å². The smallest absolute Gasteiger partial charge is 0.165 e. The fraction of sp³-hybridized carbons (Fsp3) is 0.647. The minimum atomic E-state index is 0.314. The van der Waals surface area contributed by atoms with E-state index in [1.165, 1.54) is 0 Å². The van der Waals surface area contributed by atoms with Crippen LogP contribution in [-0.2, 0) is 16.0 Å². The van der Waals surface area contributed by atoms with Crippen LogP contribution in [0.15, 0.2) is 18.2 Å². The van der Waals surface area contributed by atoms with Gasteiger partial charge < -0.3 is 24.3 Å². The van der Waals surface area contributed by atoms with Crippen molar-refractivity contribution in [1.29, 1.82) is 0 Å². The third-order valence-corrected chi connectivity index (χ3v) is 3.77. The Morgan fingerprint density at radius 3 is 2.91 bits per heavy atom. The molecule has 1 fully saturated rings. The zero-order valence-corrected chi connectivity index (χ0v) is 13.6. The Bertz CT molecular complexity index is 433. The maximum Gasteiger partial charge on any atom is 0.165 e.